The molecule has 2 rings (SSSR count). The van der Waals surface area contributed by atoms with E-state index in [-0.39, 0.29) is 30.5 Å². The minimum atomic E-state index is -0.840. The molecule has 0 unspecified atom stereocenters. The average molecular weight is 331 g/mol. The van der Waals surface area contributed by atoms with Crippen LogP contribution in [-0.4, -0.2) is 40.9 Å². The Bertz CT molecular complexity index is 765. The van der Waals surface area contributed by atoms with E-state index in [1.807, 2.05) is 0 Å². The number of benzene rings is 1. The molecule has 0 bridgehead atoms. The number of carbonyl (C=O) groups is 3. The number of hydrogen-bond acceptors (Lipinski definition) is 6. The molecule has 24 heavy (non-hydrogen) atoms. The maximum Gasteiger partial charge on any atom is 0.358 e. The van der Waals surface area contributed by atoms with Gasteiger partial charge >= 0.3 is 5.97 Å². The first-order valence-electron chi connectivity index (χ1n) is 7.17. The molecule has 0 fully saturated rings. The first-order chi connectivity index (χ1) is 11.5. The third kappa shape index (κ3) is 3.78. The van der Waals surface area contributed by atoms with Crippen LogP contribution in [0.3, 0.4) is 0 Å². The highest BCUT2D eigenvalue weighted by Gasteiger charge is 2.20. The molecule has 0 aliphatic carbocycles. The lowest BCUT2D eigenvalue weighted by Crippen LogP contribution is -2.20. The van der Waals surface area contributed by atoms with Gasteiger partial charge in [0.2, 0.25) is 0 Å². The number of carbonyl (C=O) groups excluding carboxylic acids is 3. The van der Waals surface area contributed by atoms with Gasteiger partial charge in [0.25, 0.3) is 5.91 Å². The number of Topliss-reactive ketones (excluding diaryl/α,β-unsaturated/α-hetero) is 1. The van der Waals surface area contributed by atoms with E-state index in [1.165, 1.54) is 17.9 Å². The molecular formula is C16H17N3O5. The second-order valence-corrected chi connectivity index (χ2v) is 4.81. The molecule has 8 nitrogen and oxygen atoms in total. The van der Waals surface area contributed by atoms with Gasteiger partial charge in [-0.25, -0.2) is 9.78 Å². The quantitative estimate of drug-likeness (QED) is 0.599. The highest BCUT2D eigenvalue weighted by atomic mass is 16.5. The van der Waals surface area contributed by atoms with Crippen molar-refractivity contribution in [2.24, 2.45) is 5.73 Å². The van der Waals surface area contributed by atoms with Crippen LogP contribution in [0.15, 0.2) is 30.5 Å². The molecule has 0 radical (unpaired) electrons. The summed E-state index contributed by atoms with van der Waals surface area (Å²) >= 11 is 0. The summed E-state index contributed by atoms with van der Waals surface area (Å²) in [7, 11) is 1.53. The second-order valence-electron chi connectivity index (χ2n) is 4.81. The summed E-state index contributed by atoms with van der Waals surface area (Å²) < 4.78 is 11.1. The number of ketones is 1. The molecule has 0 saturated carbocycles. The van der Waals surface area contributed by atoms with Crippen molar-refractivity contribution in [2.45, 2.75) is 13.5 Å². The average Bonchev–Trinajstić information content (AvgIpc) is 2.99. The van der Waals surface area contributed by atoms with Crippen LogP contribution >= 0.6 is 0 Å². The van der Waals surface area contributed by atoms with E-state index >= 15 is 0 Å². The zero-order valence-electron chi connectivity index (χ0n) is 13.3. The molecule has 1 aromatic heterocycles. The number of primary amides is 1. The summed E-state index contributed by atoms with van der Waals surface area (Å²) in [6.07, 6.45) is 1.28. The van der Waals surface area contributed by atoms with Crippen LogP contribution in [0, 0.1) is 0 Å². The summed E-state index contributed by atoms with van der Waals surface area (Å²) in [4.78, 5) is 39.4. The minimum Gasteiger partial charge on any atom is -0.497 e. The van der Waals surface area contributed by atoms with Crippen LogP contribution in [0.25, 0.3) is 0 Å². The van der Waals surface area contributed by atoms with Crippen LogP contribution in [0.4, 0.5) is 0 Å². The molecule has 2 N–H and O–H groups in total. The molecule has 2 aromatic rings. The minimum absolute atomic E-state index is 0.0758. The lowest BCUT2D eigenvalue weighted by molar-refractivity contribution is 0.0519. The number of nitrogens with zero attached hydrogens (tertiary/aromatic N) is 2. The van der Waals surface area contributed by atoms with E-state index in [1.54, 1.807) is 31.2 Å². The number of hydrogen-bond donors (Lipinski definition) is 1. The SMILES string of the molecule is CCOC(=O)c1cn(CC(=O)c2ccc(OC)cc2)c(C(N)=O)n1. The number of aromatic nitrogens is 2. The maximum atomic E-state index is 12.3. The summed E-state index contributed by atoms with van der Waals surface area (Å²) in [5.74, 6) is -1.35. The monoisotopic (exact) mass is 331 g/mol. The Balaban J connectivity index is 2.25. The molecular weight excluding hydrogens is 314 g/mol. The summed E-state index contributed by atoms with van der Waals surface area (Å²) in [6, 6.07) is 6.52. The number of nitrogens with two attached hydrogens (primary N) is 1. The van der Waals surface area contributed by atoms with E-state index in [4.69, 9.17) is 15.2 Å². The van der Waals surface area contributed by atoms with E-state index in [0.29, 0.717) is 11.3 Å². The zero-order valence-corrected chi connectivity index (χ0v) is 13.3. The number of imidazole rings is 1. The smallest absolute Gasteiger partial charge is 0.358 e. The van der Waals surface area contributed by atoms with Gasteiger partial charge in [0.1, 0.15) is 5.75 Å². The van der Waals surface area contributed by atoms with Crippen molar-refractivity contribution in [2.75, 3.05) is 13.7 Å². The summed E-state index contributed by atoms with van der Waals surface area (Å²) in [5.41, 5.74) is 5.60. The first kappa shape index (κ1) is 17.2. The Morgan fingerprint density at radius 1 is 1.21 bits per heavy atom. The lowest BCUT2D eigenvalue weighted by atomic mass is 10.1. The third-order valence-corrected chi connectivity index (χ3v) is 3.21. The Morgan fingerprint density at radius 3 is 2.42 bits per heavy atom. The van der Waals surface area contributed by atoms with Crippen molar-refractivity contribution in [3.05, 3.63) is 47.5 Å². The predicted molar refractivity (Wildman–Crippen MR) is 84.0 cm³/mol. The molecule has 0 aliphatic rings. The van der Waals surface area contributed by atoms with Crippen molar-refractivity contribution in [3.63, 3.8) is 0 Å². The van der Waals surface area contributed by atoms with E-state index in [0.717, 1.165) is 0 Å². The Kier molecular flexibility index (Phi) is 5.31. The van der Waals surface area contributed by atoms with E-state index in [2.05, 4.69) is 4.98 Å². The fraction of sp³-hybridized carbons (Fsp3) is 0.250. The molecule has 0 aliphatic heterocycles. The number of methoxy groups -OCH3 is 1. The number of ether oxygens (including phenoxy) is 2. The van der Waals surface area contributed by atoms with Gasteiger partial charge in [-0.1, -0.05) is 0 Å². The van der Waals surface area contributed by atoms with Gasteiger partial charge in [0.05, 0.1) is 20.3 Å². The lowest BCUT2D eigenvalue weighted by Gasteiger charge is -2.05. The standard InChI is InChI=1S/C16H17N3O5/c1-3-24-16(22)12-8-19(15(18-12)14(17)21)9-13(20)10-4-6-11(23-2)7-5-10/h4-8H,3,9H2,1-2H3,(H2,17,21). The number of amides is 1. The van der Waals surface area contributed by atoms with E-state index < -0.39 is 11.9 Å². The molecule has 126 valence electrons. The topological polar surface area (TPSA) is 114 Å². The summed E-state index contributed by atoms with van der Waals surface area (Å²) in [5, 5.41) is 0. The molecule has 8 heteroatoms. The third-order valence-electron chi connectivity index (χ3n) is 3.21. The van der Waals surface area contributed by atoms with E-state index in [9.17, 15) is 14.4 Å². The molecule has 1 aromatic carbocycles. The summed E-state index contributed by atoms with van der Waals surface area (Å²) in [6.45, 7) is 1.64. The van der Waals surface area contributed by atoms with Gasteiger partial charge < -0.3 is 19.8 Å². The highest BCUT2D eigenvalue weighted by molar-refractivity contribution is 5.98. The van der Waals surface area contributed by atoms with Gasteiger partial charge in [0, 0.05) is 11.8 Å². The van der Waals surface area contributed by atoms with Gasteiger partial charge in [-0.05, 0) is 31.2 Å². The van der Waals surface area contributed by atoms with Gasteiger partial charge in [-0.2, -0.15) is 0 Å². The van der Waals surface area contributed by atoms with Gasteiger partial charge in [-0.3, -0.25) is 9.59 Å². The van der Waals surface area contributed by atoms with Crippen molar-refractivity contribution in [3.8, 4) is 5.75 Å². The van der Waals surface area contributed by atoms with Crippen LogP contribution in [-0.2, 0) is 11.3 Å². The fourth-order valence-corrected chi connectivity index (χ4v) is 2.06. The Hall–Kier alpha value is -3.16. The molecule has 0 atom stereocenters. The number of rotatable bonds is 7. The first-order valence-corrected chi connectivity index (χ1v) is 7.17. The van der Waals surface area contributed by atoms with Gasteiger partial charge in [0.15, 0.2) is 17.3 Å². The normalized spacial score (nSPS) is 10.2. The van der Waals surface area contributed by atoms with Crippen molar-refractivity contribution in [1.29, 1.82) is 0 Å². The Morgan fingerprint density at radius 2 is 1.88 bits per heavy atom. The number of esters is 1. The molecule has 0 spiro atoms. The predicted octanol–water partition coefficient (Wildman–Crippen LogP) is 1.05. The van der Waals surface area contributed by atoms with Crippen LogP contribution in [0.2, 0.25) is 0 Å². The van der Waals surface area contributed by atoms with Crippen molar-refractivity contribution in [1.82, 2.24) is 9.55 Å². The fourth-order valence-electron chi connectivity index (χ4n) is 2.06. The maximum absolute atomic E-state index is 12.3. The highest BCUT2D eigenvalue weighted by Crippen LogP contribution is 2.13. The largest absolute Gasteiger partial charge is 0.497 e. The molecule has 1 amide bonds. The van der Waals surface area contributed by atoms with Crippen LogP contribution < -0.4 is 10.5 Å². The molecule has 1 heterocycles. The zero-order chi connectivity index (χ0) is 17.7. The Labute approximate surface area is 138 Å². The van der Waals surface area contributed by atoms with Crippen molar-refractivity contribution >= 4 is 17.7 Å². The van der Waals surface area contributed by atoms with Crippen LogP contribution in [0.5, 0.6) is 5.75 Å². The molecule has 0 saturated heterocycles. The van der Waals surface area contributed by atoms with Gasteiger partial charge in [-0.15, -0.1) is 0 Å². The second kappa shape index (κ2) is 7.40. The van der Waals surface area contributed by atoms with Crippen LogP contribution in [0.1, 0.15) is 38.4 Å². The van der Waals surface area contributed by atoms with Crippen molar-refractivity contribution < 1.29 is 23.9 Å².